The molecule has 1 heterocycles. The molecular formula is C16H15FN2. The Morgan fingerprint density at radius 3 is 2.74 bits per heavy atom. The highest BCUT2D eigenvalue weighted by molar-refractivity contribution is 5.83. The number of anilines is 1. The number of rotatable bonds is 2. The largest absolute Gasteiger partial charge is 0.399 e. The van der Waals surface area contributed by atoms with Crippen LogP contribution < -0.4 is 5.73 Å². The first-order valence-electron chi connectivity index (χ1n) is 6.23. The van der Waals surface area contributed by atoms with Gasteiger partial charge in [-0.05, 0) is 53.8 Å². The third-order valence-corrected chi connectivity index (χ3v) is 3.44. The van der Waals surface area contributed by atoms with Crippen LogP contribution in [0.25, 0.3) is 10.9 Å². The van der Waals surface area contributed by atoms with E-state index in [4.69, 9.17) is 5.73 Å². The van der Waals surface area contributed by atoms with Gasteiger partial charge in [0.1, 0.15) is 5.82 Å². The van der Waals surface area contributed by atoms with Crippen LogP contribution in [0, 0.1) is 12.7 Å². The van der Waals surface area contributed by atoms with Crippen LogP contribution in [0.3, 0.4) is 0 Å². The topological polar surface area (TPSA) is 30.9 Å². The number of halogens is 1. The molecule has 3 rings (SSSR count). The van der Waals surface area contributed by atoms with Crippen molar-refractivity contribution in [1.29, 1.82) is 0 Å². The second-order valence-corrected chi connectivity index (χ2v) is 4.83. The summed E-state index contributed by atoms with van der Waals surface area (Å²) in [6.45, 7) is 2.65. The smallest absolute Gasteiger partial charge is 0.123 e. The summed E-state index contributed by atoms with van der Waals surface area (Å²) in [4.78, 5) is 0. The molecule has 0 aliphatic rings. The molecule has 3 aromatic rings. The minimum absolute atomic E-state index is 0.192. The zero-order valence-electron chi connectivity index (χ0n) is 10.7. The van der Waals surface area contributed by atoms with Crippen molar-refractivity contribution in [3.8, 4) is 0 Å². The first-order valence-corrected chi connectivity index (χ1v) is 6.23. The van der Waals surface area contributed by atoms with E-state index in [0.717, 1.165) is 34.3 Å². The molecule has 2 nitrogen and oxygen atoms in total. The van der Waals surface area contributed by atoms with Crippen molar-refractivity contribution in [2.75, 3.05) is 5.73 Å². The Balaban J connectivity index is 2.03. The van der Waals surface area contributed by atoms with Crippen LogP contribution in [-0.4, -0.2) is 4.57 Å². The second-order valence-electron chi connectivity index (χ2n) is 4.83. The average molecular weight is 254 g/mol. The average Bonchev–Trinajstić information content (AvgIpc) is 2.75. The Labute approximate surface area is 111 Å². The Morgan fingerprint density at radius 2 is 1.95 bits per heavy atom. The molecule has 96 valence electrons. The maximum Gasteiger partial charge on any atom is 0.123 e. The summed E-state index contributed by atoms with van der Waals surface area (Å²) in [7, 11) is 0. The Hall–Kier alpha value is -2.29. The van der Waals surface area contributed by atoms with E-state index >= 15 is 0 Å². The molecule has 2 N–H and O–H groups in total. The van der Waals surface area contributed by atoms with Crippen LogP contribution in [0.5, 0.6) is 0 Å². The first-order chi connectivity index (χ1) is 9.13. The van der Waals surface area contributed by atoms with Crippen molar-refractivity contribution in [3.63, 3.8) is 0 Å². The molecule has 19 heavy (non-hydrogen) atoms. The predicted molar refractivity (Wildman–Crippen MR) is 76.6 cm³/mol. The lowest BCUT2D eigenvalue weighted by atomic mass is 10.1. The van der Waals surface area contributed by atoms with Crippen LogP contribution in [0.1, 0.15) is 11.1 Å². The van der Waals surface area contributed by atoms with Crippen LogP contribution in [-0.2, 0) is 6.54 Å². The fraction of sp³-hybridized carbons (Fsp3) is 0.125. The van der Waals surface area contributed by atoms with Gasteiger partial charge in [0.15, 0.2) is 0 Å². The van der Waals surface area contributed by atoms with Crippen molar-refractivity contribution in [3.05, 3.63) is 65.6 Å². The van der Waals surface area contributed by atoms with E-state index in [1.807, 2.05) is 37.4 Å². The minimum atomic E-state index is -0.192. The summed E-state index contributed by atoms with van der Waals surface area (Å²) in [5.41, 5.74) is 9.76. The van der Waals surface area contributed by atoms with E-state index in [0.29, 0.717) is 0 Å². The summed E-state index contributed by atoms with van der Waals surface area (Å²) in [5, 5.41) is 1.16. The molecule has 1 aromatic heterocycles. The number of hydrogen-bond acceptors (Lipinski definition) is 1. The zero-order valence-corrected chi connectivity index (χ0v) is 10.7. The number of aromatic nitrogens is 1. The molecule has 0 aliphatic heterocycles. The summed E-state index contributed by atoms with van der Waals surface area (Å²) < 4.78 is 15.2. The lowest BCUT2D eigenvalue weighted by molar-refractivity contribution is 0.625. The third-order valence-electron chi connectivity index (χ3n) is 3.44. The van der Waals surface area contributed by atoms with Gasteiger partial charge in [0.25, 0.3) is 0 Å². The van der Waals surface area contributed by atoms with E-state index in [-0.39, 0.29) is 5.82 Å². The standard InChI is InChI=1S/C16H15FN2/c1-11-8-14(17)4-2-13(11)10-19-7-6-12-3-5-15(18)9-16(12)19/h2-9H,10,18H2,1H3. The molecule has 0 aliphatic carbocycles. The van der Waals surface area contributed by atoms with E-state index in [9.17, 15) is 4.39 Å². The molecule has 0 radical (unpaired) electrons. The van der Waals surface area contributed by atoms with Gasteiger partial charge < -0.3 is 10.3 Å². The fourth-order valence-corrected chi connectivity index (χ4v) is 2.36. The monoisotopic (exact) mass is 254 g/mol. The lowest BCUT2D eigenvalue weighted by Crippen LogP contribution is -2.00. The number of nitrogens with two attached hydrogens (primary N) is 1. The van der Waals surface area contributed by atoms with E-state index in [1.165, 1.54) is 6.07 Å². The van der Waals surface area contributed by atoms with Crippen LogP contribution >= 0.6 is 0 Å². The highest BCUT2D eigenvalue weighted by Crippen LogP contribution is 2.21. The molecule has 0 atom stereocenters. The number of aryl methyl sites for hydroxylation is 1. The van der Waals surface area contributed by atoms with Gasteiger partial charge >= 0.3 is 0 Å². The van der Waals surface area contributed by atoms with Gasteiger partial charge in [-0.2, -0.15) is 0 Å². The van der Waals surface area contributed by atoms with Crippen LogP contribution in [0.15, 0.2) is 48.7 Å². The molecule has 0 saturated carbocycles. The summed E-state index contributed by atoms with van der Waals surface area (Å²) in [6.07, 6.45) is 2.03. The highest BCUT2D eigenvalue weighted by atomic mass is 19.1. The minimum Gasteiger partial charge on any atom is -0.399 e. The number of nitrogen functional groups attached to an aromatic ring is 1. The maximum absolute atomic E-state index is 13.1. The molecule has 3 heteroatoms. The quantitative estimate of drug-likeness (QED) is 0.694. The third kappa shape index (κ3) is 2.19. The zero-order chi connectivity index (χ0) is 13.4. The summed E-state index contributed by atoms with van der Waals surface area (Å²) >= 11 is 0. The molecule has 0 saturated heterocycles. The van der Waals surface area contributed by atoms with Crippen LogP contribution in [0.4, 0.5) is 10.1 Å². The van der Waals surface area contributed by atoms with Crippen molar-refractivity contribution >= 4 is 16.6 Å². The van der Waals surface area contributed by atoms with Crippen molar-refractivity contribution in [2.45, 2.75) is 13.5 Å². The Morgan fingerprint density at radius 1 is 1.11 bits per heavy atom. The van der Waals surface area contributed by atoms with Crippen LogP contribution in [0.2, 0.25) is 0 Å². The SMILES string of the molecule is Cc1cc(F)ccc1Cn1ccc2ccc(N)cc21. The molecule has 0 bridgehead atoms. The van der Waals surface area contributed by atoms with Crippen molar-refractivity contribution < 1.29 is 4.39 Å². The molecular weight excluding hydrogens is 239 g/mol. The van der Waals surface area contributed by atoms with Gasteiger partial charge in [-0.1, -0.05) is 12.1 Å². The van der Waals surface area contributed by atoms with Gasteiger partial charge in [-0.25, -0.2) is 4.39 Å². The molecule has 2 aromatic carbocycles. The van der Waals surface area contributed by atoms with Gasteiger partial charge in [-0.3, -0.25) is 0 Å². The molecule has 0 fully saturated rings. The normalized spacial score (nSPS) is 11.1. The first kappa shape index (κ1) is 11.8. The van der Waals surface area contributed by atoms with Crippen molar-refractivity contribution in [1.82, 2.24) is 4.57 Å². The van der Waals surface area contributed by atoms with Gasteiger partial charge in [0.05, 0.1) is 5.52 Å². The van der Waals surface area contributed by atoms with Gasteiger partial charge in [0, 0.05) is 18.4 Å². The van der Waals surface area contributed by atoms with Gasteiger partial charge in [0.2, 0.25) is 0 Å². The van der Waals surface area contributed by atoms with Gasteiger partial charge in [-0.15, -0.1) is 0 Å². The molecule has 0 spiro atoms. The number of fused-ring (bicyclic) bond motifs is 1. The van der Waals surface area contributed by atoms with Crippen molar-refractivity contribution in [2.24, 2.45) is 0 Å². The molecule has 0 amide bonds. The number of nitrogens with zero attached hydrogens (tertiary/aromatic N) is 1. The van der Waals surface area contributed by atoms with E-state index in [2.05, 4.69) is 10.6 Å². The summed E-state index contributed by atoms with van der Waals surface area (Å²) in [5.74, 6) is -0.192. The fourth-order valence-electron chi connectivity index (χ4n) is 2.36. The van der Waals surface area contributed by atoms with E-state index in [1.54, 1.807) is 6.07 Å². The molecule has 0 unspecified atom stereocenters. The lowest BCUT2D eigenvalue weighted by Gasteiger charge is -2.09. The predicted octanol–water partition coefficient (Wildman–Crippen LogP) is 3.72. The maximum atomic E-state index is 13.1. The highest BCUT2D eigenvalue weighted by Gasteiger charge is 2.05. The Kier molecular flexibility index (Phi) is 2.75. The summed E-state index contributed by atoms with van der Waals surface area (Å²) in [6, 6.07) is 12.8. The number of hydrogen-bond donors (Lipinski definition) is 1. The Bertz CT molecular complexity index is 744. The van der Waals surface area contributed by atoms with E-state index < -0.39 is 0 Å². The number of benzene rings is 2. The second kappa shape index (κ2) is 4.43.